The van der Waals surface area contributed by atoms with Gasteiger partial charge in [0.05, 0.1) is 18.1 Å². The van der Waals surface area contributed by atoms with E-state index >= 15 is 0 Å². The van der Waals surface area contributed by atoms with Crippen LogP contribution in [0.2, 0.25) is 0 Å². The number of carbonyl (C=O) groups is 1. The highest BCUT2D eigenvalue weighted by Gasteiger charge is 2.17. The molecule has 2 aromatic heterocycles. The van der Waals surface area contributed by atoms with Gasteiger partial charge in [-0.3, -0.25) is 4.79 Å². The minimum Gasteiger partial charge on any atom is -0.465 e. The van der Waals surface area contributed by atoms with Crippen molar-refractivity contribution in [2.24, 2.45) is 0 Å². The molecule has 0 saturated carbocycles. The summed E-state index contributed by atoms with van der Waals surface area (Å²) in [7, 11) is 1.28. The second kappa shape index (κ2) is 6.26. The number of rotatable bonds is 4. The average Bonchev–Trinajstić information content (AvgIpc) is 2.44. The molecule has 0 aliphatic rings. The third-order valence-electron chi connectivity index (χ3n) is 3.08. The SMILES string of the molecule is CCC(C)Sc1nc2nc(C)cc(C(=O)OC)c2c(=O)[nH]1. The van der Waals surface area contributed by atoms with Crippen LogP contribution in [0.15, 0.2) is 16.0 Å². The average molecular weight is 307 g/mol. The van der Waals surface area contributed by atoms with E-state index in [4.69, 9.17) is 4.74 Å². The third kappa shape index (κ3) is 3.24. The molecule has 0 amide bonds. The van der Waals surface area contributed by atoms with E-state index in [0.717, 1.165) is 6.42 Å². The Bertz CT molecular complexity index is 742. The lowest BCUT2D eigenvalue weighted by Gasteiger charge is -2.09. The van der Waals surface area contributed by atoms with Crippen molar-refractivity contribution in [3.8, 4) is 0 Å². The molecule has 0 radical (unpaired) electrons. The Balaban J connectivity index is 2.65. The van der Waals surface area contributed by atoms with Crippen LogP contribution in [-0.2, 0) is 4.74 Å². The van der Waals surface area contributed by atoms with E-state index in [1.165, 1.54) is 24.9 Å². The molecule has 0 spiro atoms. The molecule has 1 atom stereocenters. The van der Waals surface area contributed by atoms with Crippen LogP contribution in [0.5, 0.6) is 0 Å². The van der Waals surface area contributed by atoms with Gasteiger partial charge >= 0.3 is 5.97 Å². The van der Waals surface area contributed by atoms with Gasteiger partial charge < -0.3 is 9.72 Å². The largest absolute Gasteiger partial charge is 0.465 e. The van der Waals surface area contributed by atoms with Crippen molar-refractivity contribution in [1.82, 2.24) is 15.0 Å². The van der Waals surface area contributed by atoms with Crippen molar-refractivity contribution in [2.75, 3.05) is 7.11 Å². The predicted molar refractivity (Wildman–Crippen MR) is 81.8 cm³/mol. The van der Waals surface area contributed by atoms with Crippen LogP contribution < -0.4 is 5.56 Å². The molecule has 2 aromatic rings. The molecule has 0 aliphatic heterocycles. The Morgan fingerprint density at radius 2 is 2.19 bits per heavy atom. The first-order valence-corrected chi connectivity index (χ1v) is 7.50. The second-order valence-electron chi connectivity index (χ2n) is 4.71. The normalized spacial score (nSPS) is 12.4. The maximum Gasteiger partial charge on any atom is 0.338 e. The first kappa shape index (κ1) is 15.5. The van der Waals surface area contributed by atoms with Crippen LogP contribution in [0.25, 0.3) is 11.0 Å². The zero-order chi connectivity index (χ0) is 15.6. The van der Waals surface area contributed by atoms with Crippen molar-refractivity contribution >= 4 is 28.8 Å². The summed E-state index contributed by atoms with van der Waals surface area (Å²) in [6, 6.07) is 1.53. The zero-order valence-corrected chi connectivity index (χ0v) is 13.2. The van der Waals surface area contributed by atoms with Crippen LogP contribution in [0.3, 0.4) is 0 Å². The number of carbonyl (C=O) groups excluding carboxylic acids is 1. The van der Waals surface area contributed by atoms with Gasteiger partial charge in [0, 0.05) is 10.9 Å². The summed E-state index contributed by atoms with van der Waals surface area (Å²) < 4.78 is 4.71. The third-order valence-corrected chi connectivity index (χ3v) is 4.23. The molecule has 112 valence electrons. The van der Waals surface area contributed by atoms with Gasteiger partial charge in [0.1, 0.15) is 0 Å². The molecule has 0 bridgehead atoms. The van der Waals surface area contributed by atoms with E-state index < -0.39 is 5.97 Å². The predicted octanol–water partition coefficient (Wildman–Crippen LogP) is 2.30. The maximum absolute atomic E-state index is 12.3. The summed E-state index contributed by atoms with van der Waals surface area (Å²) in [4.78, 5) is 35.4. The highest BCUT2D eigenvalue weighted by molar-refractivity contribution is 7.99. The number of hydrogen-bond donors (Lipinski definition) is 1. The number of thioether (sulfide) groups is 1. The fourth-order valence-corrected chi connectivity index (χ4v) is 2.68. The molecule has 2 heterocycles. The van der Waals surface area contributed by atoms with E-state index in [2.05, 4.69) is 28.8 Å². The maximum atomic E-state index is 12.3. The van der Waals surface area contributed by atoms with Crippen LogP contribution in [0.1, 0.15) is 36.3 Å². The van der Waals surface area contributed by atoms with Crippen molar-refractivity contribution in [3.05, 3.63) is 27.7 Å². The lowest BCUT2D eigenvalue weighted by molar-refractivity contribution is 0.0602. The Morgan fingerprint density at radius 1 is 1.48 bits per heavy atom. The second-order valence-corrected chi connectivity index (χ2v) is 6.14. The van der Waals surface area contributed by atoms with Gasteiger partial charge in [-0.25, -0.2) is 14.8 Å². The van der Waals surface area contributed by atoms with Gasteiger partial charge in [0.25, 0.3) is 5.56 Å². The van der Waals surface area contributed by atoms with Gasteiger partial charge in [-0.05, 0) is 19.4 Å². The van der Waals surface area contributed by atoms with E-state index in [9.17, 15) is 9.59 Å². The van der Waals surface area contributed by atoms with E-state index in [-0.39, 0.29) is 22.2 Å². The number of nitrogens with zero attached hydrogens (tertiary/aromatic N) is 2. The molecular weight excluding hydrogens is 290 g/mol. The summed E-state index contributed by atoms with van der Waals surface area (Å²) in [5.41, 5.74) is 0.693. The van der Waals surface area contributed by atoms with Crippen LogP contribution in [0, 0.1) is 6.92 Å². The van der Waals surface area contributed by atoms with Gasteiger partial charge in [0.15, 0.2) is 10.8 Å². The fraction of sp³-hybridized carbons (Fsp3) is 0.429. The van der Waals surface area contributed by atoms with Crippen molar-refractivity contribution in [3.63, 3.8) is 0 Å². The number of ether oxygens (including phenoxy) is 1. The first-order chi connectivity index (χ1) is 9.96. The van der Waals surface area contributed by atoms with E-state index in [1.54, 1.807) is 6.92 Å². The molecule has 21 heavy (non-hydrogen) atoms. The number of aromatic amines is 1. The highest BCUT2D eigenvalue weighted by Crippen LogP contribution is 2.22. The molecule has 0 fully saturated rings. The fourth-order valence-electron chi connectivity index (χ4n) is 1.85. The minimum absolute atomic E-state index is 0.168. The van der Waals surface area contributed by atoms with Crippen LogP contribution in [0.4, 0.5) is 0 Å². The number of aromatic nitrogens is 3. The molecule has 1 unspecified atom stereocenters. The summed E-state index contributed by atoms with van der Waals surface area (Å²) in [6.45, 7) is 5.86. The molecule has 6 nitrogen and oxygen atoms in total. The van der Waals surface area contributed by atoms with Crippen molar-refractivity contribution < 1.29 is 9.53 Å². The Labute approximate surface area is 126 Å². The quantitative estimate of drug-likeness (QED) is 0.530. The molecule has 2 rings (SSSR count). The van der Waals surface area contributed by atoms with Gasteiger partial charge in [-0.2, -0.15) is 0 Å². The number of nitrogens with one attached hydrogen (secondary N) is 1. The van der Waals surface area contributed by atoms with Gasteiger partial charge in [0.2, 0.25) is 0 Å². The van der Waals surface area contributed by atoms with Crippen LogP contribution in [-0.4, -0.2) is 33.3 Å². The van der Waals surface area contributed by atoms with Crippen LogP contribution >= 0.6 is 11.8 Å². The Kier molecular flexibility index (Phi) is 4.62. The molecule has 7 heteroatoms. The summed E-state index contributed by atoms with van der Waals surface area (Å²) in [5.74, 6) is -0.569. The number of pyridine rings is 1. The molecule has 1 N–H and O–H groups in total. The number of methoxy groups -OCH3 is 1. The summed E-state index contributed by atoms with van der Waals surface area (Å²) in [5, 5.41) is 1.01. The molecule has 0 saturated heterocycles. The number of hydrogen-bond acceptors (Lipinski definition) is 6. The van der Waals surface area contributed by atoms with Crippen molar-refractivity contribution in [2.45, 2.75) is 37.6 Å². The molecule has 0 aliphatic carbocycles. The first-order valence-electron chi connectivity index (χ1n) is 6.62. The minimum atomic E-state index is -0.569. The number of esters is 1. The van der Waals surface area contributed by atoms with E-state index in [0.29, 0.717) is 16.1 Å². The Hall–Kier alpha value is -1.89. The molecule has 0 aromatic carbocycles. The zero-order valence-electron chi connectivity index (χ0n) is 12.4. The highest BCUT2D eigenvalue weighted by atomic mass is 32.2. The van der Waals surface area contributed by atoms with E-state index in [1.807, 2.05) is 0 Å². The summed E-state index contributed by atoms with van der Waals surface area (Å²) in [6.07, 6.45) is 0.959. The van der Waals surface area contributed by atoms with Gasteiger partial charge in [-0.1, -0.05) is 25.6 Å². The standard InChI is InChI=1S/C14H17N3O3S/c1-5-8(3)21-14-16-11-10(12(18)17-14)9(13(19)20-4)6-7(2)15-11/h6,8H,5H2,1-4H3,(H,15,16,17,18). The Morgan fingerprint density at radius 3 is 2.81 bits per heavy atom. The molecular formula is C14H17N3O3S. The number of fused-ring (bicyclic) bond motifs is 1. The summed E-state index contributed by atoms with van der Waals surface area (Å²) >= 11 is 1.48. The smallest absolute Gasteiger partial charge is 0.338 e. The van der Waals surface area contributed by atoms with Gasteiger partial charge in [-0.15, -0.1) is 0 Å². The topological polar surface area (TPSA) is 84.9 Å². The number of aryl methyl sites for hydroxylation is 1. The lowest BCUT2D eigenvalue weighted by atomic mass is 10.1. The number of H-pyrrole nitrogens is 1. The van der Waals surface area contributed by atoms with Crippen molar-refractivity contribution in [1.29, 1.82) is 0 Å². The monoisotopic (exact) mass is 307 g/mol. The lowest BCUT2D eigenvalue weighted by Crippen LogP contribution is -2.16.